The van der Waals surface area contributed by atoms with Crippen molar-refractivity contribution in [3.63, 3.8) is 0 Å². The topological polar surface area (TPSA) is 35.5 Å². The fraction of sp³-hybridized carbons (Fsp3) is 0.833. The van der Waals surface area contributed by atoms with E-state index in [1.54, 1.807) is 0 Å². The molecule has 0 aromatic heterocycles. The van der Waals surface area contributed by atoms with Gasteiger partial charge in [-0.05, 0) is 11.6 Å². The monoisotopic (exact) mass is 272 g/mol. The third-order valence-corrected chi connectivity index (χ3v) is 1.99. The van der Waals surface area contributed by atoms with Crippen LogP contribution in [0, 0.1) is 0 Å². The highest BCUT2D eigenvalue weighted by molar-refractivity contribution is 6.64. The summed E-state index contributed by atoms with van der Waals surface area (Å²) in [6.45, 7) is -1.21. The molecule has 0 amide bonds. The van der Waals surface area contributed by atoms with Crippen molar-refractivity contribution in [2.75, 3.05) is 6.61 Å². The quantitative estimate of drug-likeness (QED) is 0.541. The summed E-state index contributed by atoms with van der Waals surface area (Å²) in [4.78, 5) is 10.4. The van der Waals surface area contributed by atoms with E-state index in [0.717, 1.165) is 0 Å². The Labute approximate surface area is 89.2 Å². The number of ether oxygens (including phenoxy) is 2. The molecule has 16 heavy (non-hydrogen) atoms. The van der Waals surface area contributed by atoms with E-state index in [4.69, 9.17) is 11.6 Å². The highest BCUT2D eigenvalue weighted by atomic mass is 35.5. The van der Waals surface area contributed by atoms with Crippen molar-refractivity contribution in [3.8, 4) is 0 Å². The molecule has 1 heterocycles. The van der Waals surface area contributed by atoms with Gasteiger partial charge in [0.2, 0.25) is 0 Å². The van der Waals surface area contributed by atoms with Crippen LogP contribution in [0.1, 0.15) is 0 Å². The van der Waals surface area contributed by atoms with Gasteiger partial charge in [0.1, 0.15) is 0 Å². The molecule has 1 fully saturated rings. The second-order valence-electron chi connectivity index (χ2n) is 2.83. The average Bonchev–Trinajstić information content (AvgIpc) is 2.44. The van der Waals surface area contributed by atoms with Crippen molar-refractivity contribution in [2.45, 2.75) is 24.2 Å². The van der Waals surface area contributed by atoms with E-state index >= 15 is 0 Å². The summed E-state index contributed by atoms with van der Waals surface area (Å²) in [5.74, 6) is -4.78. The molecule has 0 aromatic rings. The summed E-state index contributed by atoms with van der Waals surface area (Å²) in [6.07, 6.45) is -13.8. The first kappa shape index (κ1) is 13.5. The zero-order chi connectivity index (χ0) is 12.8. The number of hydrogen-bond acceptors (Lipinski definition) is 3. The molecule has 1 rings (SSSR count). The van der Waals surface area contributed by atoms with Crippen LogP contribution in [0.5, 0.6) is 0 Å². The number of hydrogen-bond donors (Lipinski definition) is 0. The Bertz CT molecular complexity index is 284. The van der Waals surface area contributed by atoms with Crippen molar-refractivity contribution in [1.82, 2.24) is 0 Å². The summed E-state index contributed by atoms with van der Waals surface area (Å²) in [5.41, 5.74) is 0. The minimum atomic E-state index is -5.85. The van der Waals surface area contributed by atoms with Crippen LogP contribution in [0.2, 0.25) is 0 Å². The molecule has 0 radical (unpaired) electrons. The van der Waals surface area contributed by atoms with E-state index in [2.05, 4.69) is 9.47 Å². The van der Waals surface area contributed by atoms with Crippen molar-refractivity contribution in [2.24, 2.45) is 0 Å². The van der Waals surface area contributed by atoms with E-state index < -0.39 is 36.1 Å². The lowest BCUT2D eigenvalue weighted by Gasteiger charge is -2.31. The Kier molecular flexibility index (Phi) is 3.16. The maximum Gasteiger partial charge on any atom is 0.453 e. The standard InChI is InChI=1S/C6H3ClF6O3/c7-3(14)2-1-15-4(16-2,5(8,9)10)6(11,12)13/h2H,1H2. The SMILES string of the molecule is O=C(Cl)C1COC(C(F)(F)F)(C(F)(F)F)O1. The average molecular weight is 273 g/mol. The van der Waals surface area contributed by atoms with Crippen LogP contribution in [0.3, 0.4) is 0 Å². The molecule has 0 spiro atoms. The number of halogens is 7. The highest BCUT2D eigenvalue weighted by Crippen LogP contribution is 2.50. The number of rotatable bonds is 1. The summed E-state index contributed by atoms with van der Waals surface area (Å²) in [7, 11) is 0. The molecule has 0 aliphatic carbocycles. The molecular formula is C6H3ClF6O3. The minimum Gasteiger partial charge on any atom is -0.332 e. The van der Waals surface area contributed by atoms with Gasteiger partial charge in [-0.25, -0.2) is 0 Å². The van der Waals surface area contributed by atoms with E-state index in [1.807, 2.05) is 0 Å². The van der Waals surface area contributed by atoms with Crippen LogP contribution in [0.4, 0.5) is 26.3 Å². The maximum absolute atomic E-state index is 12.2. The molecule has 94 valence electrons. The maximum atomic E-state index is 12.2. The van der Waals surface area contributed by atoms with E-state index in [9.17, 15) is 31.1 Å². The Morgan fingerprint density at radius 2 is 1.62 bits per heavy atom. The molecule has 0 N–H and O–H groups in total. The van der Waals surface area contributed by atoms with Gasteiger partial charge in [0.05, 0.1) is 6.61 Å². The number of carbonyl (C=O) groups excluding carboxylic acids is 1. The van der Waals surface area contributed by atoms with Crippen molar-refractivity contribution in [3.05, 3.63) is 0 Å². The lowest BCUT2D eigenvalue weighted by atomic mass is 10.2. The van der Waals surface area contributed by atoms with Crippen LogP contribution in [0.15, 0.2) is 0 Å². The second kappa shape index (κ2) is 3.74. The first-order chi connectivity index (χ1) is 7.01. The molecule has 0 saturated carbocycles. The third kappa shape index (κ3) is 1.98. The van der Waals surface area contributed by atoms with Gasteiger partial charge in [-0.15, -0.1) is 0 Å². The zero-order valence-electron chi connectivity index (χ0n) is 7.15. The molecule has 10 heteroatoms. The van der Waals surface area contributed by atoms with Crippen molar-refractivity contribution >= 4 is 16.8 Å². The predicted octanol–water partition coefficient (Wildman–Crippen LogP) is 1.99. The van der Waals surface area contributed by atoms with Crippen LogP contribution in [0.25, 0.3) is 0 Å². The molecular weight excluding hydrogens is 270 g/mol. The lowest BCUT2D eigenvalue weighted by Crippen LogP contribution is -2.58. The van der Waals surface area contributed by atoms with Gasteiger partial charge in [0, 0.05) is 0 Å². The smallest absolute Gasteiger partial charge is 0.332 e. The Morgan fingerprint density at radius 1 is 1.19 bits per heavy atom. The molecule has 1 unspecified atom stereocenters. The van der Waals surface area contributed by atoms with Crippen molar-refractivity contribution in [1.29, 1.82) is 0 Å². The fourth-order valence-corrected chi connectivity index (χ4v) is 1.14. The molecule has 3 nitrogen and oxygen atoms in total. The lowest BCUT2D eigenvalue weighted by molar-refractivity contribution is -0.441. The fourth-order valence-electron chi connectivity index (χ4n) is 1.03. The van der Waals surface area contributed by atoms with Crippen molar-refractivity contribution < 1.29 is 40.6 Å². The zero-order valence-corrected chi connectivity index (χ0v) is 7.91. The van der Waals surface area contributed by atoms with Crippen LogP contribution in [-0.4, -0.2) is 36.1 Å². The molecule has 1 saturated heterocycles. The number of alkyl halides is 6. The largest absolute Gasteiger partial charge is 0.453 e. The third-order valence-electron chi connectivity index (χ3n) is 1.75. The minimum absolute atomic E-state index is 1.21. The van der Waals surface area contributed by atoms with Gasteiger partial charge in [0.25, 0.3) is 5.24 Å². The van der Waals surface area contributed by atoms with Gasteiger partial charge >= 0.3 is 18.1 Å². The van der Waals surface area contributed by atoms with Gasteiger partial charge in [-0.3, -0.25) is 4.79 Å². The normalized spacial score (nSPS) is 25.8. The van der Waals surface area contributed by atoms with Gasteiger partial charge in [-0.2, -0.15) is 26.3 Å². The summed E-state index contributed by atoms with van der Waals surface area (Å²) >= 11 is 4.73. The van der Waals surface area contributed by atoms with E-state index in [-0.39, 0.29) is 0 Å². The molecule has 1 aliphatic heterocycles. The number of carbonyl (C=O) groups is 1. The summed E-state index contributed by atoms with van der Waals surface area (Å²) in [6, 6.07) is 0. The van der Waals surface area contributed by atoms with Crippen LogP contribution < -0.4 is 0 Å². The van der Waals surface area contributed by atoms with Crippen LogP contribution in [-0.2, 0) is 14.3 Å². The van der Waals surface area contributed by atoms with Crippen LogP contribution >= 0.6 is 11.6 Å². The molecule has 0 aromatic carbocycles. The summed E-state index contributed by atoms with van der Waals surface area (Å²) in [5, 5.41) is -1.49. The van der Waals surface area contributed by atoms with E-state index in [1.165, 1.54) is 0 Å². The molecule has 1 aliphatic rings. The van der Waals surface area contributed by atoms with Gasteiger partial charge in [0.15, 0.2) is 6.10 Å². The van der Waals surface area contributed by atoms with E-state index in [0.29, 0.717) is 0 Å². The first-order valence-corrected chi connectivity index (χ1v) is 4.03. The van der Waals surface area contributed by atoms with Gasteiger partial charge in [-0.1, -0.05) is 0 Å². The van der Waals surface area contributed by atoms with Gasteiger partial charge < -0.3 is 9.47 Å². The molecule has 0 bridgehead atoms. The second-order valence-corrected chi connectivity index (χ2v) is 3.21. The first-order valence-electron chi connectivity index (χ1n) is 3.66. The molecule has 1 atom stereocenters. The predicted molar refractivity (Wildman–Crippen MR) is 36.5 cm³/mol. The Morgan fingerprint density at radius 3 is 1.81 bits per heavy atom. The highest BCUT2D eigenvalue weighted by Gasteiger charge is 2.77. The Balaban J connectivity index is 3.07. The summed E-state index contributed by atoms with van der Waals surface area (Å²) < 4.78 is 80.5. The Hall–Kier alpha value is -0.540.